The molecule has 2 aromatic rings. The van der Waals surface area contributed by atoms with Gasteiger partial charge in [-0.3, -0.25) is 0 Å². The van der Waals surface area contributed by atoms with Crippen LogP contribution in [0.25, 0.3) is 0 Å². The Labute approximate surface area is 99.7 Å². The molecule has 1 N–H and O–H groups in total. The van der Waals surface area contributed by atoms with Gasteiger partial charge in [0.15, 0.2) is 0 Å². The van der Waals surface area contributed by atoms with Crippen molar-refractivity contribution in [2.45, 2.75) is 13.1 Å². The summed E-state index contributed by atoms with van der Waals surface area (Å²) in [6.07, 6.45) is 5.36. The van der Waals surface area contributed by atoms with Crippen LogP contribution in [0, 0.1) is 11.3 Å². The SMILES string of the molecule is CNCc1cn(Cc2cccnc2C#N)cn1. The van der Waals surface area contributed by atoms with Crippen molar-refractivity contribution in [3.05, 3.63) is 47.8 Å². The van der Waals surface area contributed by atoms with Crippen molar-refractivity contribution < 1.29 is 0 Å². The lowest BCUT2D eigenvalue weighted by molar-refractivity contribution is 0.778. The van der Waals surface area contributed by atoms with Crippen LogP contribution < -0.4 is 5.32 Å². The van der Waals surface area contributed by atoms with E-state index in [1.54, 1.807) is 12.5 Å². The maximum atomic E-state index is 8.94. The molecule has 0 saturated heterocycles. The summed E-state index contributed by atoms with van der Waals surface area (Å²) in [6.45, 7) is 1.36. The van der Waals surface area contributed by atoms with E-state index in [4.69, 9.17) is 5.26 Å². The summed E-state index contributed by atoms with van der Waals surface area (Å²) in [5.41, 5.74) is 2.36. The summed E-state index contributed by atoms with van der Waals surface area (Å²) < 4.78 is 1.95. The summed E-state index contributed by atoms with van der Waals surface area (Å²) in [7, 11) is 1.88. The molecular weight excluding hydrogens is 214 g/mol. The van der Waals surface area contributed by atoms with E-state index >= 15 is 0 Å². The van der Waals surface area contributed by atoms with Crippen molar-refractivity contribution in [2.75, 3.05) is 7.05 Å². The van der Waals surface area contributed by atoms with Gasteiger partial charge in [0.1, 0.15) is 11.8 Å². The van der Waals surface area contributed by atoms with Crippen molar-refractivity contribution in [1.82, 2.24) is 19.9 Å². The maximum Gasteiger partial charge on any atom is 0.145 e. The van der Waals surface area contributed by atoms with Crippen LogP contribution in [0.5, 0.6) is 0 Å². The second kappa shape index (κ2) is 5.23. The van der Waals surface area contributed by atoms with Crippen molar-refractivity contribution in [3.63, 3.8) is 0 Å². The third-order valence-electron chi connectivity index (χ3n) is 2.39. The van der Waals surface area contributed by atoms with Crippen molar-refractivity contribution in [1.29, 1.82) is 5.26 Å². The van der Waals surface area contributed by atoms with Crippen molar-refractivity contribution >= 4 is 0 Å². The van der Waals surface area contributed by atoms with Gasteiger partial charge in [-0.2, -0.15) is 5.26 Å². The van der Waals surface area contributed by atoms with E-state index in [0.29, 0.717) is 12.2 Å². The van der Waals surface area contributed by atoms with Crippen LogP contribution >= 0.6 is 0 Å². The monoisotopic (exact) mass is 227 g/mol. The zero-order valence-corrected chi connectivity index (χ0v) is 9.59. The third kappa shape index (κ3) is 2.68. The standard InChI is InChI=1S/C12H13N5/c1-14-6-11-8-17(9-16-11)7-10-3-2-4-15-12(10)5-13/h2-4,8-9,14H,6-7H2,1H3. The predicted octanol–water partition coefficient (Wildman–Crippen LogP) is 0.917. The fraction of sp³-hybridized carbons (Fsp3) is 0.250. The molecule has 0 radical (unpaired) electrons. The summed E-state index contributed by atoms with van der Waals surface area (Å²) in [5.74, 6) is 0. The molecule has 0 amide bonds. The Kier molecular flexibility index (Phi) is 3.48. The second-order valence-corrected chi connectivity index (χ2v) is 3.69. The minimum atomic E-state index is 0.469. The highest BCUT2D eigenvalue weighted by molar-refractivity contribution is 5.30. The Balaban J connectivity index is 2.17. The molecule has 0 aliphatic heterocycles. The molecule has 2 rings (SSSR count). The molecule has 0 spiro atoms. The zero-order chi connectivity index (χ0) is 12.1. The van der Waals surface area contributed by atoms with E-state index in [0.717, 1.165) is 17.8 Å². The molecular formula is C12H13N5. The van der Waals surface area contributed by atoms with Crippen LogP contribution in [0.3, 0.4) is 0 Å². The molecule has 2 heterocycles. The highest BCUT2D eigenvalue weighted by Crippen LogP contribution is 2.07. The van der Waals surface area contributed by atoms with Crippen LogP contribution in [0.4, 0.5) is 0 Å². The number of nitrogens with one attached hydrogen (secondary N) is 1. The average molecular weight is 227 g/mol. The van der Waals surface area contributed by atoms with Crippen molar-refractivity contribution in [2.24, 2.45) is 0 Å². The molecule has 0 aliphatic carbocycles. The van der Waals surface area contributed by atoms with Gasteiger partial charge in [0.2, 0.25) is 0 Å². The first-order valence-corrected chi connectivity index (χ1v) is 5.32. The molecule has 86 valence electrons. The Morgan fingerprint density at radius 3 is 3.12 bits per heavy atom. The smallest absolute Gasteiger partial charge is 0.145 e. The number of hydrogen-bond acceptors (Lipinski definition) is 4. The summed E-state index contributed by atoms with van der Waals surface area (Å²) in [6, 6.07) is 5.83. The van der Waals surface area contributed by atoms with Gasteiger partial charge in [0, 0.05) is 24.5 Å². The number of rotatable bonds is 4. The fourth-order valence-electron chi connectivity index (χ4n) is 1.63. The van der Waals surface area contributed by atoms with Crippen LogP contribution in [0.2, 0.25) is 0 Å². The fourth-order valence-corrected chi connectivity index (χ4v) is 1.63. The van der Waals surface area contributed by atoms with E-state index in [9.17, 15) is 0 Å². The van der Waals surface area contributed by atoms with E-state index < -0.39 is 0 Å². The van der Waals surface area contributed by atoms with Crippen LogP contribution in [0.15, 0.2) is 30.9 Å². The van der Waals surface area contributed by atoms with Gasteiger partial charge in [0.25, 0.3) is 0 Å². The van der Waals surface area contributed by atoms with Crippen LogP contribution in [0.1, 0.15) is 17.0 Å². The topological polar surface area (TPSA) is 66.5 Å². The molecule has 0 bridgehead atoms. The molecule has 2 aromatic heterocycles. The van der Waals surface area contributed by atoms with Crippen LogP contribution in [-0.4, -0.2) is 21.6 Å². The molecule has 0 atom stereocenters. The first kappa shape index (κ1) is 11.3. The van der Waals surface area contributed by atoms with Gasteiger partial charge < -0.3 is 9.88 Å². The van der Waals surface area contributed by atoms with Gasteiger partial charge in [0.05, 0.1) is 18.6 Å². The molecule has 0 fully saturated rings. The number of nitriles is 1. The van der Waals surface area contributed by atoms with E-state index in [-0.39, 0.29) is 0 Å². The lowest BCUT2D eigenvalue weighted by Crippen LogP contribution is -2.05. The Hall–Kier alpha value is -2.19. The molecule has 5 nitrogen and oxygen atoms in total. The number of imidazole rings is 1. The third-order valence-corrected chi connectivity index (χ3v) is 2.39. The van der Waals surface area contributed by atoms with Gasteiger partial charge in [-0.15, -0.1) is 0 Å². The second-order valence-electron chi connectivity index (χ2n) is 3.69. The number of nitrogens with zero attached hydrogens (tertiary/aromatic N) is 4. The molecule has 0 saturated carbocycles. The average Bonchev–Trinajstić information content (AvgIpc) is 2.78. The Bertz CT molecular complexity index is 538. The molecule has 0 aliphatic rings. The minimum absolute atomic E-state index is 0.469. The van der Waals surface area contributed by atoms with Crippen LogP contribution in [-0.2, 0) is 13.1 Å². The lowest BCUT2D eigenvalue weighted by atomic mass is 10.2. The largest absolute Gasteiger partial charge is 0.333 e. The van der Waals surface area contributed by atoms with Gasteiger partial charge in [-0.1, -0.05) is 6.07 Å². The van der Waals surface area contributed by atoms with Gasteiger partial charge in [-0.25, -0.2) is 9.97 Å². The Morgan fingerprint density at radius 2 is 2.35 bits per heavy atom. The Morgan fingerprint density at radius 1 is 1.47 bits per heavy atom. The van der Waals surface area contributed by atoms with Crippen molar-refractivity contribution in [3.8, 4) is 6.07 Å². The quantitative estimate of drug-likeness (QED) is 0.843. The zero-order valence-electron chi connectivity index (χ0n) is 9.59. The normalized spacial score (nSPS) is 10.1. The summed E-state index contributed by atoms with van der Waals surface area (Å²) in [5, 5.41) is 12.0. The molecule has 0 aromatic carbocycles. The van der Waals surface area contributed by atoms with E-state index in [1.807, 2.05) is 29.9 Å². The minimum Gasteiger partial charge on any atom is -0.333 e. The first-order chi connectivity index (χ1) is 8.33. The summed E-state index contributed by atoms with van der Waals surface area (Å²) >= 11 is 0. The first-order valence-electron chi connectivity index (χ1n) is 5.32. The molecule has 0 unspecified atom stereocenters. The lowest BCUT2D eigenvalue weighted by Gasteiger charge is -2.03. The van der Waals surface area contributed by atoms with E-state index in [1.165, 1.54) is 0 Å². The van der Waals surface area contributed by atoms with Gasteiger partial charge in [-0.05, 0) is 13.1 Å². The molecule has 5 heteroatoms. The number of aromatic nitrogens is 3. The summed E-state index contributed by atoms with van der Waals surface area (Å²) in [4.78, 5) is 8.28. The highest BCUT2D eigenvalue weighted by atomic mass is 15.0. The van der Waals surface area contributed by atoms with Gasteiger partial charge >= 0.3 is 0 Å². The predicted molar refractivity (Wildman–Crippen MR) is 63.0 cm³/mol. The van der Waals surface area contributed by atoms with E-state index in [2.05, 4.69) is 21.4 Å². The number of pyridine rings is 1. The highest BCUT2D eigenvalue weighted by Gasteiger charge is 2.04. The maximum absolute atomic E-state index is 8.94. The number of hydrogen-bond donors (Lipinski definition) is 1. The molecule has 17 heavy (non-hydrogen) atoms.